The Bertz CT molecular complexity index is 599. The molecule has 0 unspecified atom stereocenters. The van der Waals surface area contributed by atoms with Crippen LogP contribution in [0.25, 0.3) is 0 Å². The van der Waals surface area contributed by atoms with E-state index in [0.717, 1.165) is 18.8 Å². The van der Waals surface area contributed by atoms with Gasteiger partial charge in [0, 0.05) is 26.2 Å². The minimum atomic E-state index is -0.667. The second-order valence-electron chi connectivity index (χ2n) is 5.36. The van der Waals surface area contributed by atoms with Gasteiger partial charge in [0.05, 0.1) is 24.6 Å². The van der Waals surface area contributed by atoms with Gasteiger partial charge in [0.2, 0.25) is 0 Å². The number of nitrogens with one attached hydrogen (secondary N) is 1. The molecule has 6 heteroatoms. The van der Waals surface area contributed by atoms with Crippen LogP contribution in [-0.2, 0) is 14.3 Å². The van der Waals surface area contributed by atoms with Crippen LogP contribution in [0.3, 0.4) is 0 Å². The zero-order valence-corrected chi connectivity index (χ0v) is 13.7. The summed E-state index contributed by atoms with van der Waals surface area (Å²) in [5.74, 6) is -1.27. The molecule has 0 saturated carbocycles. The van der Waals surface area contributed by atoms with Crippen LogP contribution in [0, 0.1) is 0 Å². The Morgan fingerprint density at radius 1 is 1.17 bits per heavy atom. The number of amides is 2. The maximum atomic E-state index is 12.3. The molecule has 128 valence electrons. The Balaban J connectivity index is 2.12. The molecule has 1 heterocycles. The monoisotopic (exact) mass is 329 g/mol. The van der Waals surface area contributed by atoms with Crippen LogP contribution in [0.4, 0.5) is 11.4 Å². The van der Waals surface area contributed by atoms with Crippen LogP contribution < -0.4 is 10.2 Å². The van der Waals surface area contributed by atoms with E-state index in [0.29, 0.717) is 32.0 Å². The number of nitrogens with zero attached hydrogens (tertiary/aromatic N) is 2. The maximum absolute atomic E-state index is 12.3. The van der Waals surface area contributed by atoms with E-state index in [-0.39, 0.29) is 0 Å². The van der Waals surface area contributed by atoms with Crippen LogP contribution in [0.2, 0.25) is 0 Å². The summed E-state index contributed by atoms with van der Waals surface area (Å²) in [6.45, 7) is 10.6. The van der Waals surface area contributed by atoms with Gasteiger partial charge < -0.3 is 19.9 Å². The molecule has 0 aromatic heterocycles. The van der Waals surface area contributed by atoms with E-state index in [1.807, 2.05) is 18.2 Å². The van der Waals surface area contributed by atoms with Gasteiger partial charge >= 0.3 is 11.8 Å². The second kappa shape index (κ2) is 8.88. The van der Waals surface area contributed by atoms with Crippen LogP contribution >= 0.6 is 0 Å². The van der Waals surface area contributed by atoms with Gasteiger partial charge in [-0.05, 0) is 12.1 Å². The first-order valence-electron chi connectivity index (χ1n) is 7.91. The molecule has 1 fully saturated rings. The van der Waals surface area contributed by atoms with Crippen molar-refractivity contribution in [2.75, 3.05) is 49.6 Å². The van der Waals surface area contributed by atoms with E-state index in [2.05, 4.69) is 23.4 Å². The molecule has 2 rings (SSSR count). The molecular formula is C18H23N3O3. The minimum absolute atomic E-state index is 0.295. The number of morpholine rings is 1. The first-order chi connectivity index (χ1) is 11.7. The van der Waals surface area contributed by atoms with Crippen molar-refractivity contribution in [3.05, 3.63) is 49.6 Å². The third-order valence-electron chi connectivity index (χ3n) is 3.68. The lowest BCUT2D eigenvalue weighted by molar-refractivity contribution is -0.142. The van der Waals surface area contributed by atoms with E-state index < -0.39 is 11.8 Å². The van der Waals surface area contributed by atoms with E-state index in [1.54, 1.807) is 18.2 Å². The van der Waals surface area contributed by atoms with Gasteiger partial charge in [0.25, 0.3) is 0 Å². The molecular weight excluding hydrogens is 306 g/mol. The highest BCUT2D eigenvalue weighted by atomic mass is 16.5. The first kappa shape index (κ1) is 17.7. The molecule has 0 radical (unpaired) electrons. The molecule has 1 aliphatic rings. The largest absolute Gasteiger partial charge is 0.378 e. The fourth-order valence-corrected chi connectivity index (χ4v) is 2.53. The lowest BCUT2D eigenvalue weighted by Crippen LogP contribution is -2.40. The summed E-state index contributed by atoms with van der Waals surface area (Å²) in [7, 11) is 0. The predicted molar refractivity (Wildman–Crippen MR) is 95.1 cm³/mol. The van der Waals surface area contributed by atoms with Crippen LogP contribution in [0.5, 0.6) is 0 Å². The third-order valence-corrected chi connectivity index (χ3v) is 3.68. The van der Waals surface area contributed by atoms with Gasteiger partial charge in [-0.15, -0.1) is 13.2 Å². The van der Waals surface area contributed by atoms with Gasteiger partial charge in [-0.1, -0.05) is 24.3 Å². The zero-order valence-electron chi connectivity index (χ0n) is 13.7. The van der Waals surface area contributed by atoms with Gasteiger partial charge in [0.1, 0.15) is 0 Å². The Morgan fingerprint density at radius 3 is 2.42 bits per heavy atom. The number of hydrogen-bond acceptors (Lipinski definition) is 4. The highest BCUT2D eigenvalue weighted by Gasteiger charge is 2.22. The van der Waals surface area contributed by atoms with Crippen molar-refractivity contribution in [3.63, 3.8) is 0 Å². The summed E-state index contributed by atoms with van der Waals surface area (Å²) in [6.07, 6.45) is 3.16. The standard InChI is InChI=1S/C18H23N3O3/c1-3-9-21(10-4-2)18(23)17(22)19-15-7-5-6-8-16(15)20-11-13-24-14-12-20/h3-8H,1-2,9-14H2,(H,19,22). The maximum Gasteiger partial charge on any atom is 0.313 e. The number of rotatable bonds is 6. The fourth-order valence-electron chi connectivity index (χ4n) is 2.53. The Morgan fingerprint density at radius 2 is 1.79 bits per heavy atom. The Labute approximate surface area is 142 Å². The summed E-state index contributed by atoms with van der Waals surface area (Å²) < 4.78 is 5.36. The van der Waals surface area contributed by atoms with E-state index >= 15 is 0 Å². The van der Waals surface area contributed by atoms with Crippen molar-refractivity contribution < 1.29 is 14.3 Å². The molecule has 1 saturated heterocycles. The summed E-state index contributed by atoms with van der Waals surface area (Å²) in [5, 5.41) is 2.72. The lowest BCUT2D eigenvalue weighted by Gasteiger charge is -2.30. The van der Waals surface area contributed by atoms with E-state index in [9.17, 15) is 9.59 Å². The quantitative estimate of drug-likeness (QED) is 0.637. The van der Waals surface area contributed by atoms with Gasteiger partial charge in [-0.3, -0.25) is 9.59 Å². The summed E-state index contributed by atoms with van der Waals surface area (Å²) >= 11 is 0. The molecule has 0 aliphatic carbocycles. The van der Waals surface area contributed by atoms with Gasteiger partial charge in [-0.2, -0.15) is 0 Å². The number of carbonyl (C=O) groups excluding carboxylic acids is 2. The molecule has 0 spiro atoms. The molecule has 1 aromatic rings. The number of carbonyl (C=O) groups is 2. The molecule has 2 amide bonds. The minimum Gasteiger partial charge on any atom is -0.378 e. The highest BCUT2D eigenvalue weighted by Crippen LogP contribution is 2.26. The normalized spacial score (nSPS) is 13.9. The first-order valence-corrected chi connectivity index (χ1v) is 7.91. The summed E-state index contributed by atoms with van der Waals surface area (Å²) in [5.41, 5.74) is 1.51. The Kier molecular flexibility index (Phi) is 6.57. The average molecular weight is 329 g/mol. The van der Waals surface area contributed by atoms with Crippen molar-refractivity contribution in [2.24, 2.45) is 0 Å². The number of ether oxygens (including phenoxy) is 1. The van der Waals surface area contributed by atoms with Crippen molar-refractivity contribution in [1.82, 2.24) is 4.90 Å². The van der Waals surface area contributed by atoms with Crippen LogP contribution in [0.15, 0.2) is 49.6 Å². The zero-order chi connectivity index (χ0) is 17.4. The molecule has 0 bridgehead atoms. The number of anilines is 2. The molecule has 1 aliphatic heterocycles. The molecule has 1 aromatic carbocycles. The number of hydrogen-bond donors (Lipinski definition) is 1. The number of benzene rings is 1. The molecule has 24 heavy (non-hydrogen) atoms. The Hall–Kier alpha value is -2.60. The van der Waals surface area contributed by atoms with E-state index in [1.165, 1.54) is 4.90 Å². The number of para-hydroxylation sites is 2. The van der Waals surface area contributed by atoms with Crippen molar-refractivity contribution in [1.29, 1.82) is 0 Å². The van der Waals surface area contributed by atoms with Crippen LogP contribution in [-0.4, -0.2) is 56.1 Å². The predicted octanol–water partition coefficient (Wildman–Crippen LogP) is 1.66. The third kappa shape index (κ3) is 4.45. The van der Waals surface area contributed by atoms with Crippen molar-refractivity contribution >= 4 is 23.2 Å². The van der Waals surface area contributed by atoms with Crippen LogP contribution in [0.1, 0.15) is 0 Å². The molecule has 6 nitrogen and oxygen atoms in total. The van der Waals surface area contributed by atoms with E-state index in [4.69, 9.17) is 4.74 Å². The average Bonchev–Trinajstić information content (AvgIpc) is 2.62. The molecule has 0 atom stereocenters. The van der Waals surface area contributed by atoms with Crippen molar-refractivity contribution in [3.8, 4) is 0 Å². The fraction of sp³-hybridized carbons (Fsp3) is 0.333. The summed E-state index contributed by atoms with van der Waals surface area (Å²) in [6, 6.07) is 7.46. The summed E-state index contributed by atoms with van der Waals surface area (Å²) in [4.78, 5) is 28.1. The van der Waals surface area contributed by atoms with Gasteiger partial charge in [0.15, 0.2) is 0 Å². The SMILES string of the molecule is C=CCN(CC=C)C(=O)C(=O)Nc1ccccc1N1CCOCC1. The highest BCUT2D eigenvalue weighted by molar-refractivity contribution is 6.39. The lowest BCUT2D eigenvalue weighted by atomic mass is 10.2. The molecule has 1 N–H and O–H groups in total. The van der Waals surface area contributed by atoms with Crippen molar-refractivity contribution in [2.45, 2.75) is 0 Å². The topological polar surface area (TPSA) is 61.9 Å². The smallest absolute Gasteiger partial charge is 0.313 e. The second-order valence-corrected chi connectivity index (χ2v) is 5.36. The van der Waals surface area contributed by atoms with Gasteiger partial charge in [-0.25, -0.2) is 0 Å².